The van der Waals surface area contributed by atoms with Crippen molar-refractivity contribution in [2.75, 3.05) is 41.9 Å². The van der Waals surface area contributed by atoms with Crippen molar-refractivity contribution in [2.45, 2.75) is 40.0 Å². The second-order valence-electron chi connectivity index (χ2n) is 9.00. The van der Waals surface area contributed by atoms with E-state index in [1.165, 1.54) is 7.11 Å². The molecule has 0 bridgehead atoms. The molecule has 0 aliphatic heterocycles. The number of amides is 2. The highest BCUT2D eigenvalue weighted by molar-refractivity contribution is 6.08. The van der Waals surface area contributed by atoms with Gasteiger partial charge in [0, 0.05) is 47.8 Å². The van der Waals surface area contributed by atoms with Crippen LogP contribution in [0.3, 0.4) is 0 Å². The zero-order valence-electron chi connectivity index (χ0n) is 22.7. The minimum Gasteiger partial charge on any atom is -0.465 e. The van der Waals surface area contributed by atoms with E-state index in [0.717, 1.165) is 37.2 Å². The van der Waals surface area contributed by atoms with Crippen LogP contribution in [0.1, 0.15) is 71.1 Å². The van der Waals surface area contributed by atoms with Crippen LogP contribution in [0.4, 0.5) is 17.1 Å². The quantitative estimate of drug-likeness (QED) is 0.282. The number of methoxy groups -OCH3 is 1. The molecule has 0 radical (unpaired) electrons. The molecular weight excluding hydrogens is 478 g/mol. The molecule has 0 saturated carbocycles. The molecule has 0 spiro atoms. The fourth-order valence-corrected chi connectivity index (χ4v) is 4.13. The summed E-state index contributed by atoms with van der Waals surface area (Å²) in [5, 5.41) is 3.32. The zero-order chi connectivity index (χ0) is 27.5. The Labute approximate surface area is 225 Å². The van der Waals surface area contributed by atoms with E-state index in [9.17, 15) is 14.4 Å². The van der Waals surface area contributed by atoms with E-state index in [2.05, 4.69) is 12.2 Å². The lowest BCUT2D eigenvalue weighted by Gasteiger charge is -2.24. The average molecular weight is 516 g/mol. The van der Waals surface area contributed by atoms with E-state index >= 15 is 0 Å². The molecule has 0 atom stereocenters. The van der Waals surface area contributed by atoms with Crippen LogP contribution in [0.15, 0.2) is 72.8 Å². The number of carbonyl (C=O) groups excluding carboxylic acids is 3. The molecule has 0 unspecified atom stereocenters. The number of hydrogen-bond donors (Lipinski definition) is 1. The Hall–Kier alpha value is -4.13. The first-order chi connectivity index (χ1) is 18.4. The molecule has 0 aliphatic carbocycles. The average Bonchev–Trinajstić information content (AvgIpc) is 2.97. The standard InChI is InChI=1S/C31H37N3O4/c1-5-20-32-26-14-8-23(9-15-26)29(35)33(21-6-2)27-16-10-24(11-17-27)30(36)34(22-7-3)28-18-12-25(13-19-28)31(37)38-4/h8-19,32H,5-7,20-22H2,1-4H3. The smallest absolute Gasteiger partial charge is 0.337 e. The lowest BCUT2D eigenvalue weighted by Crippen LogP contribution is -2.33. The lowest BCUT2D eigenvalue weighted by atomic mass is 10.1. The van der Waals surface area contributed by atoms with Crippen molar-refractivity contribution >= 4 is 34.8 Å². The molecule has 0 fully saturated rings. The fraction of sp³-hybridized carbons (Fsp3) is 0.323. The summed E-state index contributed by atoms with van der Waals surface area (Å²) >= 11 is 0. The molecule has 38 heavy (non-hydrogen) atoms. The topological polar surface area (TPSA) is 79.0 Å². The summed E-state index contributed by atoms with van der Waals surface area (Å²) < 4.78 is 4.76. The Balaban J connectivity index is 1.80. The first-order valence-electron chi connectivity index (χ1n) is 13.2. The van der Waals surface area contributed by atoms with Crippen LogP contribution >= 0.6 is 0 Å². The number of nitrogens with zero attached hydrogens (tertiary/aromatic N) is 2. The molecule has 3 aromatic rings. The van der Waals surface area contributed by atoms with Gasteiger partial charge in [0.15, 0.2) is 0 Å². The molecule has 7 heteroatoms. The second kappa shape index (κ2) is 14.0. The maximum absolute atomic E-state index is 13.4. The molecule has 3 rings (SSSR count). The number of benzene rings is 3. The summed E-state index contributed by atoms with van der Waals surface area (Å²) in [5.41, 5.74) is 4.00. The molecule has 1 N–H and O–H groups in total. The third kappa shape index (κ3) is 7.00. The molecule has 2 amide bonds. The predicted molar refractivity (Wildman–Crippen MR) is 153 cm³/mol. The maximum Gasteiger partial charge on any atom is 0.337 e. The van der Waals surface area contributed by atoms with Crippen LogP contribution in [0, 0.1) is 0 Å². The van der Waals surface area contributed by atoms with Crippen molar-refractivity contribution in [1.82, 2.24) is 0 Å². The predicted octanol–water partition coefficient (Wildman–Crippen LogP) is 6.41. The Morgan fingerprint density at radius 3 is 1.45 bits per heavy atom. The van der Waals surface area contributed by atoms with Crippen LogP contribution in [-0.4, -0.2) is 44.5 Å². The summed E-state index contributed by atoms with van der Waals surface area (Å²) in [5.74, 6) is -0.644. The molecule has 0 aliphatic rings. The number of ether oxygens (including phenoxy) is 1. The maximum atomic E-state index is 13.4. The third-order valence-electron chi connectivity index (χ3n) is 6.12. The first-order valence-corrected chi connectivity index (χ1v) is 13.2. The van der Waals surface area contributed by atoms with Crippen LogP contribution < -0.4 is 15.1 Å². The van der Waals surface area contributed by atoms with Gasteiger partial charge >= 0.3 is 5.97 Å². The van der Waals surface area contributed by atoms with Crippen molar-refractivity contribution in [1.29, 1.82) is 0 Å². The van der Waals surface area contributed by atoms with E-state index in [0.29, 0.717) is 35.5 Å². The lowest BCUT2D eigenvalue weighted by molar-refractivity contribution is 0.0600. The van der Waals surface area contributed by atoms with Crippen molar-refractivity contribution in [2.24, 2.45) is 0 Å². The minimum absolute atomic E-state index is 0.0775. The Kier molecular flexibility index (Phi) is 10.5. The summed E-state index contributed by atoms with van der Waals surface area (Å²) in [6.45, 7) is 8.13. The van der Waals surface area contributed by atoms with Gasteiger partial charge in [0.25, 0.3) is 11.8 Å². The number of carbonyl (C=O) groups is 3. The Bertz CT molecular complexity index is 1210. The SMILES string of the molecule is CCCNc1ccc(C(=O)N(CCC)c2ccc(C(=O)N(CCC)c3ccc(C(=O)OC)cc3)cc2)cc1. The van der Waals surface area contributed by atoms with Gasteiger partial charge in [-0.1, -0.05) is 20.8 Å². The van der Waals surface area contributed by atoms with Gasteiger partial charge in [-0.15, -0.1) is 0 Å². The van der Waals surface area contributed by atoms with Gasteiger partial charge in [-0.05, 0) is 92.1 Å². The largest absolute Gasteiger partial charge is 0.465 e. The number of esters is 1. The van der Waals surface area contributed by atoms with Gasteiger partial charge < -0.3 is 19.9 Å². The van der Waals surface area contributed by atoms with Crippen molar-refractivity contribution in [3.8, 4) is 0 Å². The molecule has 3 aromatic carbocycles. The summed E-state index contributed by atoms with van der Waals surface area (Å²) in [6.07, 6.45) is 2.60. The van der Waals surface area contributed by atoms with Crippen molar-refractivity contribution < 1.29 is 19.1 Å². The molecule has 0 heterocycles. The van der Waals surface area contributed by atoms with Gasteiger partial charge in [0.1, 0.15) is 0 Å². The van der Waals surface area contributed by atoms with Gasteiger partial charge in [0.05, 0.1) is 12.7 Å². The fourth-order valence-electron chi connectivity index (χ4n) is 4.13. The van der Waals surface area contributed by atoms with E-state index in [1.54, 1.807) is 46.2 Å². The van der Waals surface area contributed by atoms with Crippen LogP contribution in [0.2, 0.25) is 0 Å². The van der Waals surface area contributed by atoms with Crippen LogP contribution in [-0.2, 0) is 4.74 Å². The minimum atomic E-state index is -0.421. The first kappa shape index (κ1) is 28.4. The Morgan fingerprint density at radius 1 is 0.632 bits per heavy atom. The number of nitrogens with one attached hydrogen (secondary N) is 1. The zero-order valence-corrected chi connectivity index (χ0v) is 22.7. The van der Waals surface area contributed by atoms with Gasteiger partial charge in [-0.25, -0.2) is 4.79 Å². The molecular formula is C31H37N3O4. The van der Waals surface area contributed by atoms with Gasteiger partial charge in [0.2, 0.25) is 0 Å². The third-order valence-corrected chi connectivity index (χ3v) is 6.12. The summed E-state index contributed by atoms with van der Waals surface area (Å²) in [7, 11) is 1.34. The molecule has 0 saturated heterocycles. The highest BCUT2D eigenvalue weighted by atomic mass is 16.5. The Morgan fingerprint density at radius 2 is 1.05 bits per heavy atom. The molecule has 0 aromatic heterocycles. The van der Waals surface area contributed by atoms with E-state index in [1.807, 2.05) is 50.2 Å². The van der Waals surface area contributed by atoms with Gasteiger partial charge in [-0.3, -0.25) is 9.59 Å². The van der Waals surface area contributed by atoms with Crippen molar-refractivity contribution in [3.05, 3.63) is 89.5 Å². The normalized spacial score (nSPS) is 10.5. The summed E-state index contributed by atoms with van der Waals surface area (Å²) in [4.78, 5) is 42.0. The molecule has 200 valence electrons. The van der Waals surface area contributed by atoms with Crippen LogP contribution in [0.25, 0.3) is 0 Å². The number of rotatable bonds is 12. The highest BCUT2D eigenvalue weighted by Crippen LogP contribution is 2.23. The van der Waals surface area contributed by atoms with Gasteiger partial charge in [-0.2, -0.15) is 0 Å². The number of anilines is 3. The monoisotopic (exact) mass is 515 g/mol. The van der Waals surface area contributed by atoms with E-state index in [4.69, 9.17) is 4.74 Å². The highest BCUT2D eigenvalue weighted by Gasteiger charge is 2.20. The van der Waals surface area contributed by atoms with Crippen molar-refractivity contribution in [3.63, 3.8) is 0 Å². The van der Waals surface area contributed by atoms with Crippen LogP contribution in [0.5, 0.6) is 0 Å². The molecule has 7 nitrogen and oxygen atoms in total. The van der Waals surface area contributed by atoms with E-state index in [-0.39, 0.29) is 11.8 Å². The second-order valence-corrected chi connectivity index (χ2v) is 9.00. The van der Waals surface area contributed by atoms with E-state index < -0.39 is 5.97 Å². The summed E-state index contributed by atoms with van der Waals surface area (Å²) in [6, 6.07) is 21.5. The number of hydrogen-bond acceptors (Lipinski definition) is 5.